The number of nitrogens with one attached hydrogen (secondary N) is 1. The van der Waals surface area contributed by atoms with Gasteiger partial charge >= 0.3 is 0 Å². The van der Waals surface area contributed by atoms with E-state index < -0.39 is 0 Å². The molecule has 1 amide bonds. The van der Waals surface area contributed by atoms with Crippen LogP contribution in [0.15, 0.2) is 24.3 Å². The first kappa shape index (κ1) is 28.8. The monoisotopic (exact) mass is 555 g/mol. The zero-order valence-corrected chi connectivity index (χ0v) is 23.1. The van der Waals surface area contributed by atoms with Gasteiger partial charge in [-0.2, -0.15) is 0 Å². The zero-order chi connectivity index (χ0) is 27.8. The molecular weight excluding hydrogens is 518 g/mol. The lowest BCUT2D eigenvalue weighted by Gasteiger charge is -2.34. The highest BCUT2D eigenvalue weighted by atomic mass is 32.1. The molecular formula is C27H37N7O4S. The molecule has 5 N–H and O–H groups in total. The van der Waals surface area contributed by atoms with E-state index in [2.05, 4.69) is 15.9 Å². The minimum Gasteiger partial charge on any atom is -0.398 e. The fraction of sp³-hybridized carbons (Fsp3) is 0.481. The van der Waals surface area contributed by atoms with E-state index in [0.717, 1.165) is 67.4 Å². The van der Waals surface area contributed by atoms with Gasteiger partial charge in [0, 0.05) is 80.1 Å². The van der Waals surface area contributed by atoms with Gasteiger partial charge in [0.25, 0.3) is 0 Å². The highest BCUT2D eigenvalue weighted by Crippen LogP contribution is 2.36. The van der Waals surface area contributed by atoms with Crippen LogP contribution in [0.1, 0.15) is 23.8 Å². The summed E-state index contributed by atoms with van der Waals surface area (Å²) in [5.41, 5.74) is 9.00. The average molecular weight is 556 g/mol. The molecule has 0 unspecified atom stereocenters. The first-order valence-electron chi connectivity index (χ1n) is 13.2. The van der Waals surface area contributed by atoms with Crippen molar-refractivity contribution in [1.29, 1.82) is 5.41 Å². The van der Waals surface area contributed by atoms with Crippen LogP contribution in [0.2, 0.25) is 0 Å². The molecule has 4 heterocycles. The van der Waals surface area contributed by atoms with E-state index in [0.29, 0.717) is 36.7 Å². The van der Waals surface area contributed by atoms with E-state index in [-0.39, 0.29) is 19.1 Å². The topological polar surface area (TPSA) is 152 Å². The normalized spacial score (nSPS) is 16.2. The highest BCUT2D eigenvalue weighted by molar-refractivity contribution is 7.19. The molecule has 12 heteroatoms. The van der Waals surface area contributed by atoms with Crippen LogP contribution >= 0.6 is 11.3 Å². The standard InChI is InChI=1S/C25H31N7O2S.C2H6O2/c1-2-22(33)31-8-6-30(7-9-31)16-17-14-21-23(35-17)25(32-10-12-34-13-11-32)29-24(28-21)18-4-3-5-20(27)19(18)15-26;3-1-2-4/h3-5,14-15,26H,2,6-13,16,27H2,1H3;3-4H,1-2H2. The number of nitrogen functional groups attached to an aromatic ring is 1. The van der Waals surface area contributed by atoms with Crippen molar-refractivity contribution in [3.63, 3.8) is 0 Å². The van der Waals surface area contributed by atoms with Crippen molar-refractivity contribution in [2.45, 2.75) is 19.9 Å². The Bertz CT molecular complexity index is 1270. The molecule has 0 aliphatic carbocycles. The largest absolute Gasteiger partial charge is 0.398 e. The predicted molar refractivity (Wildman–Crippen MR) is 155 cm³/mol. The molecule has 0 bridgehead atoms. The van der Waals surface area contributed by atoms with E-state index in [1.165, 1.54) is 11.1 Å². The van der Waals surface area contributed by atoms with E-state index in [9.17, 15) is 4.79 Å². The van der Waals surface area contributed by atoms with Crippen LogP contribution in [0.25, 0.3) is 21.6 Å². The Labute approximate surface area is 232 Å². The van der Waals surface area contributed by atoms with Crippen molar-refractivity contribution >= 4 is 45.2 Å². The summed E-state index contributed by atoms with van der Waals surface area (Å²) in [7, 11) is 0. The number of amides is 1. The predicted octanol–water partition coefficient (Wildman–Crippen LogP) is 1.80. The molecule has 3 aromatic rings. The molecule has 0 atom stereocenters. The molecule has 2 fully saturated rings. The molecule has 2 saturated heterocycles. The van der Waals surface area contributed by atoms with Crippen LogP contribution < -0.4 is 10.6 Å². The quantitative estimate of drug-likeness (QED) is 0.253. The summed E-state index contributed by atoms with van der Waals surface area (Å²) in [5, 5.41) is 23.1. The van der Waals surface area contributed by atoms with Crippen molar-refractivity contribution in [1.82, 2.24) is 19.8 Å². The third-order valence-corrected chi connectivity index (χ3v) is 7.85. The van der Waals surface area contributed by atoms with E-state index in [1.807, 2.05) is 24.0 Å². The summed E-state index contributed by atoms with van der Waals surface area (Å²) in [5.74, 6) is 1.73. The zero-order valence-electron chi connectivity index (χ0n) is 22.3. The molecule has 0 spiro atoms. The van der Waals surface area contributed by atoms with Crippen LogP contribution in [-0.2, 0) is 16.1 Å². The summed E-state index contributed by atoms with van der Waals surface area (Å²) < 4.78 is 6.65. The van der Waals surface area contributed by atoms with Gasteiger partial charge in [0.15, 0.2) is 11.6 Å². The number of morpholine rings is 1. The third kappa shape index (κ3) is 6.89. The highest BCUT2D eigenvalue weighted by Gasteiger charge is 2.24. The fourth-order valence-electron chi connectivity index (χ4n) is 4.69. The number of aromatic nitrogens is 2. The van der Waals surface area contributed by atoms with E-state index in [1.54, 1.807) is 17.4 Å². The Balaban J connectivity index is 0.000000826. The van der Waals surface area contributed by atoms with Gasteiger partial charge in [-0.1, -0.05) is 19.1 Å². The van der Waals surface area contributed by atoms with Gasteiger partial charge in [-0.3, -0.25) is 9.69 Å². The van der Waals surface area contributed by atoms with Crippen molar-refractivity contribution in [2.24, 2.45) is 0 Å². The van der Waals surface area contributed by atoms with Crippen molar-refractivity contribution in [3.8, 4) is 11.4 Å². The summed E-state index contributed by atoms with van der Waals surface area (Å²) in [6.07, 6.45) is 1.84. The smallest absolute Gasteiger partial charge is 0.222 e. The number of piperazine rings is 1. The molecule has 5 rings (SSSR count). The van der Waals surface area contributed by atoms with Gasteiger partial charge in [0.1, 0.15) is 0 Å². The van der Waals surface area contributed by atoms with Gasteiger partial charge in [0.05, 0.1) is 36.6 Å². The molecule has 11 nitrogen and oxygen atoms in total. The van der Waals surface area contributed by atoms with E-state index in [4.69, 9.17) is 36.1 Å². The molecule has 2 aliphatic rings. The number of hydrogen-bond donors (Lipinski definition) is 4. The molecule has 1 aromatic carbocycles. The van der Waals surface area contributed by atoms with Gasteiger partial charge in [-0.05, 0) is 12.1 Å². The van der Waals surface area contributed by atoms with Crippen LogP contribution in [0, 0.1) is 5.41 Å². The van der Waals surface area contributed by atoms with Crippen molar-refractivity contribution in [2.75, 3.05) is 76.3 Å². The number of carbonyl (C=O) groups is 1. The summed E-state index contributed by atoms with van der Waals surface area (Å²) in [4.78, 5) is 29.8. The Morgan fingerprint density at radius 3 is 2.49 bits per heavy atom. The maximum atomic E-state index is 12.0. The lowest BCUT2D eigenvalue weighted by molar-refractivity contribution is -0.132. The number of ether oxygens (including phenoxy) is 1. The summed E-state index contributed by atoms with van der Waals surface area (Å²) >= 11 is 1.74. The molecule has 0 saturated carbocycles. The maximum Gasteiger partial charge on any atom is 0.222 e. The van der Waals surface area contributed by atoms with Crippen molar-refractivity contribution < 1.29 is 19.7 Å². The van der Waals surface area contributed by atoms with Crippen LogP contribution in [0.5, 0.6) is 0 Å². The van der Waals surface area contributed by atoms with Gasteiger partial charge in [-0.15, -0.1) is 11.3 Å². The Kier molecular flexibility index (Phi) is 10.2. The number of fused-ring (bicyclic) bond motifs is 1. The van der Waals surface area contributed by atoms with E-state index >= 15 is 0 Å². The Morgan fingerprint density at radius 1 is 1.13 bits per heavy atom. The second-order valence-electron chi connectivity index (χ2n) is 9.31. The summed E-state index contributed by atoms with van der Waals surface area (Å²) in [6, 6.07) is 7.75. The first-order chi connectivity index (χ1) is 19.0. The number of hydrogen-bond acceptors (Lipinski definition) is 11. The van der Waals surface area contributed by atoms with Gasteiger partial charge < -0.3 is 35.9 Å². The molecule has 0 radical (unpaired) electrons. The fourth-order valence-corrected chi connectivity index (χ4v) is 5.85. The Morgan fingerprint density at radius 2 is 1.85 bits per heavy atom. The number of anilines is 2. The summed E-state index contributed by atoms with van der Waals surface area (Å²) in [6.45, 7) is 8.71. The molecule has 2 aliphatic heterocycles. The average Bonchev–Trinajstić information content (AvgIpc) is 3.39. The number of aliphatic hydroxyl groups is 2. The molecule has 210 valence electrons. The van der Waals surface area contributed by atoms with Crippen LogP contribution in [0.4, 0.5) is 11.5 Å². The SMILES string of the molecule is CCC(=O)N1CCN(Cc2cc3nc(-c4cccc(N)c4C=N)nc(N4CCOCC4)c3s2)CC1.OCCO. The minimum absolute atomic E-state index is 0.125. The van der Waals surface area contributed by atoms with Gasteiger partial charge in [-0.25, -0.2) is 9.97 Å². The van der Waals surface area contributed by atoms with Crippen LogP contribution in [-0.4, -0.2) is 108 Å². The number of nitrogens with zero attached hydrogens (tertiary/aromatic N) is 5. The number of carbonyl (C=O) groups excluding carboxylic acids is 1. The number of benzene rings is 1. The number of nitrogens with two attached hydrogens (primary N) is 1. The van der Waals surface area contributed by atoms with Crippen LogP contribution in [0.3, 0.4) is 0 Å². The second-order valence-corrected chi connectivity index (χ2v) is 10.4. The third-order valence-electron chi connectivity index (χ3n) is 6.75. The number of thiophene rings is 1. The maximum absolute atomic E-state index is 12.0. The molecule has 2 aromatic heterocycles. The lowest BCUT2D eigenvalue weighted by Crippen LogP contribution is -2.48. The Hall–Kier alpha value is -3.16. The van der Waals surface area contributed by atoms with Gasteiger partial charge in [0.2, 0.25) is 5.91 Å². The van der Waals surface area contributed by atoms with Crippen molar-refractivity contribution in [3.05, 3.63) is 34.7 Å². The molecule has 39 heavy (non-hydrogen) atoms. The second kappa shape index (κ2) is 13.8. The number of rotatable bonds is 7. The lowest BCUT2D eigenvalue weighted by atomic mass is 10.1. The first-order valence-corrected chi connectivity index (χ1v) is 14.0. The minimum atomic E-state index is -0.125. The number of aliphatic hydroxyl groups excluding tert-OH is 2.